The van der Waals surface area contributed by atoms with Crippen LogP contribution in [0.15, 0.2) is 11.9 Å². The van der Waals surface area contributed by atoms with Crippen molar-refractivity contribution in [2.24, 2.45) is 13.0 Å². The van der Waals surface area contributed by atoms with Crippen LogP contribution in [-0.2, 0) is 7.05 Å². The Morgan fingerprint density at radius 2 is 2.31 bits per heavy atom. The van der Waals surface area contributed by atoms with Gasteiger partial charge in [-0.05, 0) is 12.8 Å². The van der Waals surface area contributed by atoms with Gasteiger partial charge in [-0.15, -0.1) is 0 Å². The Bertz CT molecular complexity index is 419. The molecule has 1 aromatic heterocycles. The summed E-state index contributed by atoms with van der Waals surface area (Å²) in [4.78, 5) is 10.6. The predicted molar refractivity (Wildman–Crippen MR) is 62.4 cm³/mol. The minimum Gasteiger partial charge on any atom is -0.272 e. The molecule has 16 heavy (non-hydrogen) atoms. The number of hydrogen-bond acceptors (Lipinski definition) is 3. The molecule has 5 nitrogen and oxygen atoms in total. The highest BCUT2D eigenvalue weighted by Gasteiger charge is 2.14. The average Bonchev–Trinajstić information content (AvgIpc) is 2.47. The largest absolute Gasteiger partial charge is 0.272 e. The fourth-order valence-electron chi connectivity index (χ4n) is 1.44. The Hall–Kier alpha value is -1.65. The lowest BCUT2D eigenvalue weighted by atomic mass is 10.1. The van der Waals surface area contributed by atoms with E-state index >= 15 is 0 Å². The van der Waals surface area contributed by atoms with Gasteiger partial charge in [-0.25, -0.2) is 0 Å². The van der Waals surface area contributed by atoms with E-state index in [9.17, 15) is 10.1 Å². The van der Waals surface area contributed by atoms with Crippen molar-refractivity contribution in [2.45, 2.75) is 27.2 Å². The van der Waals surface area contributed by atoms with Gasteiger partial charge in [0.1, 0.15) is 0 Å². The van der Waals surface area contributed by atoms with Crippen LogP contribution in [0, 0.1) is 23.0 Å². The van der Waals surface area contributed by atoms with Crippen molar-refractivity contribution in [3.8, 4) is 0 Å². The Morgan fingerprint density at radius 1 is 1.69 bits per heavy atom. The highest BCUT2D eigenvalue weighted by Crippen LogP contribution is 2.17. The van der Waals surface area contributed by atoms with Crippen LogP contribution in [-0.4, -0.2) is 14.7 Å². The summed E-state index contributed by atoms with van der Waals surface area (Å²) >= 11 is 0. The Labute approximate surface area is 94.9 Å². The molecule has 0 fully saturated rings. The van der Waals surface area contributed by atoms with Gasteiger partial charge >= 0.3 is 0 Å². The second kappa shape index (κ2) is 4.92. The van der Waals surface area contributed by atoms with Crippen LogP contribution in [0.25, 0.3) is 6.08 Å². The molecule has 88 valence electrons. The molecular formula is C11H17N3O2. The van der Waals surface area contributed by atoms with Crippen molar-refractivity contribution in [1.29, 1.82) is 0 Å². The lowest BCUT2D eigenvalue weighted by Gasteiger charge is -2.02. The lowest BCUT2D eigenvalue weighted by molar-refractivity contribution is -0.427. The summed E-state index contributed by atoms with van der Waals surface area (Å²) in [5.74, 6) is 0.272. The Morgan fingerprint density at radius 3 is 2.69 bits per heavy atom. The number of rotatable bonds is 4. The maximum Gasteiger partial charge on any atom is 0.247 e. The van der Waals surface area contributed by atoms with E-state index in [1.165, 1.54) is 0 Å². The minimum absolute atomic E-state index is 0.242. The summed E-state index contributed by atoms with van der Waals surface area (Å²) in [6, 6.07) is 0. The lowest BCUT2D eigenvalue weighted by Crippen LogP contribution is -2.02. The van der Waals surface area contributed by atoms with E-state index in [0.717, 1.165) is 11.3 Å². The first-order valence-electron chi connectivity index (χ1n) is 5.25. The Balaban J connectivity index is 3.02. The highest BCUT2D eigenvalue weighted by molar-refractivity contribution is 5.52. The summed E-state index contributed by atoms with van der Waals surface area (Å²) in [6.45, 7) is 5.83. The van der Waals surface area contributed by atoms with Crippen LogP contribution in [0.2, 0.25) is 0 Å². The van der Waals surface area contributed by atoms with Crippen molar-refractivity contribution < 1.29 is 4.92 Å². The van der Waals surface area contributed by atoms with Gasteiger partial charge in [-0.3, -0.25) is 14.8 Å². The first-order valence-corrected chi connectivity index (χ1v) is 5.25. The monoisotopic (exact) mass is 223 g/mol. The van der Waals surface area contributed by atoms with Crippen molar-refractivity contribution in [2.75, 3.05) is 0 Å². The van der Waals surface area contributed by atoms with E-state index in [1.807, 2.05) is 27.8 Å². The second-order valence-corrected chi connectivity index (χ2v) is 4.30. The number of hydrogen-bond donors (Lipinski definition) is 0. The molecule has 0 bridgehead atoms. The number of allylic oxidation sites excluding steroid dienone is 1. The van der Waals surface area contributed by atoms with Gasteiger partial charge in [0.15, 0.2) is 0 Å². The maximum atomic E-state index is 10.9. The smallest absolute Gasteiger partial charge is 0.247 e. The molecule has 5 heteroatoms. The molecule has 0 saturated heterocycles. The topological polar surface area (TPSA) is 61.0 Å². The van der Waals surface area contributed by atoms with Gasteiger partial charge in [0.2, 0.25) is 5.70 Å². The van der Waals surface area contributed by atoms with E-state index in [-0.39, 0.29) is 16.5 Å². The zero-order chi connectivity index (χ0) is 12.3. The standard InChI is InChI=1S/C11H17N3O2/c1-8(2)5-11(14(15)16)6-10-7-12-13(4)9(10)3/h6-8H,5H2,1-4H3. The zero-order valence-electron chi connectivity index (χ0n) is 10.1. The Kier molecular flexibility index (Phi) is 3.82. The molecule has 0 aromatic carbocycles. The van der Waals surface area contributed by atoms with Gasteiger partial charge in [0.25, 0.3) is 0 Å². The van der Waals surface area contributed by atoms with Crippen molar-refractivity contribution >= 4 is 6.08 Å². The third kappa shape index (κ3) is 2.92. The number of aromatic nitrogens is 2. The van der Waals surface area contributed by atoms with Crippen molar-refractivity contribution in [1.82, 2.24) is 9.78 Å². The highest BCUT2D eigenvalue weighted by atomic mass is 16.6. The third-order valence-corrected chi connectivity index (χ3v) is 2.45. The molecule has 1 aromatic rings. The summed E-state index contributed by atoms with van der Waals surface area (Å²) in [5, 5.41) is 14.9. The van der Waals surface area contributed by atoms with Crippen LogP contribution in [0.5, 0.6) is 0 Å². The molecule has 0 spiro atoms. The molecule has 0 N–H and O–H groups in total. The van der Waals surface area contributed by atoms with Crippen molar-refractivity contribution in [3.63, 3.8) is 0 Å². The molecule has 0 aliphatic heterocycles. The molecule has 0 aliphatic rings. The van der Waals surface area contributed by atoms with Gasteiger partial charge in [0, 0.05) is 30.8 Å². The number of aryl methyl sites for hydroxylation is 1. The van der Waals surface area contributed by atoms with Crippen LogP contribution in [0.3, 0.4) is 0 Å². The SMILES string of the molecule is Cc1c(C=C(CC(C)C)[N+](=O)[O-])cnn1C. The molecule has 0 radical (unpaired) electrons. The van der Waals surface area contributed by atoms with Crippen molar-refractivity contribution in [3.05, 3.63) is 33.3 Å². The molecule has 0 atom stereocenters. The zero-order valence-corrected chi connectivity index (χ0v) is 10.1. The van der Waals surface area contributed by atoms with E-state index < -0.39 is 0 Å². The fraction of sp³-hybridized carbons (Fsp3) is 0.545. The third-order valence-electron chi connectivity index (χ3n) is 2.45. The van der Waals surface area contributed by atoms with E-state index in [0.29, 0.717) is 6.42 Å². The van der Waals surface area contributed by atoms with E-state index in [1.54, 1.807) is 17.0 Å². The van der Waals surface area contributed by atoms with Gasteiger partial charge < -0.3 is 0 Å². The average molecular weight is 223 g/mol. The quantitative estimate of drug-likeness (QED) is 0.581. The second-order valence-electron chi connectivity index (χ2n) is 4.30. The summed E-state index contributed by atoms with van der Waals surface area (Å²) < 4.78 is 1.71. The van der Waals surface area contributed by atoms with Gasteiger partial charge in [-0.2, -0.15) is 5.10 Å². The molecule has 1 heterocycles. The van der Waals surface area contributed by atoms with E-state index in [4.69, 9.17) is 0 Å². The number of nitrogens with zero attached hydrogens (tertiary/aromatic N) is 3. The fourth-order valence-corrected chi connectivity index (χ4v) is 1.44. The molecular weight excluding hydrogens is 206 g/mol. The van der Waals surface area contributed by atoms with Crippen LogP contribution >= 0.6 is 0 Å². The number of nitro groups is 1. The first-order chi connectivity index (χ1) is 7.41. The molecule has 0 amide bonds. The van der Waals surface area contributed by atoms with Crippen LogP contribution in [0.4, 0.5) is 0 Å². The van der Waals surface area contributed by atoms with Gasteiger partial charge in [-0.1, -0.05) is 13.8 Å². The van der Waals surface area contributed by atoms with Crippen LogP contribution < -0.4 is 0 Å². The molecule has 0 unspecified atom stereocenters. The summed E-state index contributed by atoms with van der Waals surface area (Å²) in [6.07, 6.45) is 3.74. The summed E-state index contributed by atoms with van der Waals surface area (Å²) in [7, 11) is 1.82. The normalized spacial score (nSPS) is 12.2. The van der Waals surface area contributed by atoms with Crippen LogP contribution in [0.1, 0.15) is 31.5 Å². The molecule has 0 saturated carbocycles. The van der Waals surface area contributed by atoms with Gasteiger partial charge in [0.05, 0.1) is 11.1 Å². The summed E-state index contributed by atoms with van der Waals surface area (Å²) in [5.41, 5.74) is 1.99. The molecule has 0 aliphatic carbocycles. The predicted octanol–water partition coefficient (Wildman–Crippen LogP) is 2.39. The maximum absolute atomic E-state index is 10.9. The molecule has 1 rings (SSSR count). The first kappa shape index (κ1) is 12.4. The minimum atomic E-state index is -0.313. The van der Waals surface area contributed by atoms with E-state index in [2.05, 4.69) is 5.10 Å².